The molecule has 6 nitrogen and oxygen atoms in total. The Labute approximate surface area is 205 Å². The summed E-state index contributed by atoms with van der Waals surface area (Å²) < 4.78 is 0. The van der Waals surface area contributed by atoms with E-state index in [9.17, 15) is 4.79 Å². The normalized spacial score (nSPS) is 15.8. The number of benzene rings is 1. The third-order valence-electron chi connectivity index (χ3n) is 6.80. The number of hydrogen-bond acceptors (Lipinski definition) is 5. The molecule has 1 amide bonds. The number of piperazine rings is 1. The van der Waals surface area contributed by atoms with Crippen molar-refractivity contribution in [3.63, 3.8) is 0 Å². The van der Waals surface area contributed by atoms with Crippen LogP contribution in [0, 0.1) is 0 Å². The number of aromatic amines is 1. The standard InChI is InChI=1S/C27H33N5OS/c1-3-4-7-21(16-20-18-28-23-9-6-5-8-22(20)23)29-26(33)24-17-19-10-11-25(30-27(19)34-24)32-14-12-31(2)13-15-32/h5-6,8-11,17-18,21,28H,3-4,7,12-16H2,1-2H3,(H,29,33). The third kappa shape index (κ3) is 4.95. The number of nitrogens with zero attached hydrogens (tertiary/aromatic N) is 3. The molecule has 0 spiro atoms. The fraction of sp³-hybridized carbons (Fsp3) is 0.407. The number of likely N-dealkylation sites (N-methyl/N-ethyl adjacent to an activating group) is 1. The summed E-state index contributed by atoms with van der Waals surface area (Å²) in [6.07, 6.45) is 6.09. The van der Waals surface area contributed by atoms with Gasteiger partial charge in [0.2, 0.25) is 0 Å². The number of nitrogens with one attached hydrogen (secondary N) is 2. The molecule has 0 saturated carbocycles. The molecular weight excluding hydrogens is 442 g/mol. The lowest BCUT2D eigenvalue weighted by molar-refractivity contribution is 0.0938. The van der Waals surface area contributed by atoms with Crippen molar-refractivity contribution in [3.05, 3.63) is 59.1 Å². The van der Waals surface area contributed by atoms with Crippen molar-refractivity contribution in [2.75, 3.05) is 38.1 Å². The van der Waals surface area contributed by atoms with E-state index in [1.165, 1.54) is 22.3 Å². The van der Waals surface area contributed by atoms with E-state index < -0.39 is 0 Å². The molecule has 7 heteroatoms. The molecule has 4 heterocycles. The number of para-hydroxylation sites is 1. The van der Waals surface area contributed by atoms with Gasteiger partial charge in [0.05, 0.1) is 4.88 Å². The number of fused-ring (bicyclic) bond motifs is 2. The van der Waals surface area contributed by atoms with Crippen molar-refractivity contribution >= 4 is 44.2 Å². The Hall–Kier alpha value is -2.90. The van der Waals surface area contributed by atoms with Gasteiger partial charge in [0.15, 0.2) is 0 Å². The number of H-pyrrole nitrogens is 1. The topological polar surface area (TPSA) is 64.3 Å². The van der Waals surface area contributed by atoms with E-state index in [-0.39, 0.29) is 11.9 Å². The third-order valence-corrected chi connectivity index (χ3v) is 7.85. The molecule has 178 valence electrons. The second-order valence-corrected chi connectivity index (χ2v) is 10.4. The van der Waals surface area contributed by atoms with Crippen LogP contribution >= 0.6 is 11.3 Å². The van der Waals surface area contributed by atoms with E-state index in [0.717, 1.165) is 78.3 Å². The molecule has 1 unspecified atom stereocenters. The van der Waals surface area contributed by atoms with Crippen LogP contribution in [0.4, 0.5) is 5.82 Å². The fourth-order valence-corrected chi connectivity index (χ4v) is 5.66. The Morgan fingerprint density at radius 3 is 2.82 bits per heavy atom. The SMILES string of the molecule is CCCCC(Cc1c[nH]c2ccccc12)NC(=O)c1cc2ccc(N3CCN(C)CC3)nc2s1. The maximum Gasteiger partial charge on any atom is 0.261 e. The van der Waals surface area contributed by atoms with Crippen LogP contribution in [0.25, 0.3) is 21.1 Å². The average Bonchev–Trinajstić information content (AvgIpc) is 3.47. The van der Waals surface area contributed by atoms with E-state index in [0.29, 0.717) is 0 Å². The highest BCUT2D eigenvalue weighted by Crippen LogP contribution is 2.28. The van der Waals surface area contributed by atoms with Gasteiger partial charge < -0.3 is 20.1 Å². The molecule has 0 aliphatic carbocycles. The fourth-order valence-electron chi connectivity index (χ4n) is 4.73. The monoisotopic (exact) mass is 475 g/mol. The summed E-state index contributed by atoms with van der Waals surface area (Å²) in [6, 6.07) is 14.6. The number of amides is 1. The van der Waals surface area contributed by atoms with Crippen molar-refractivity contribution in [1.29, 1.82) is 0 Å². The molecule has 3 aromatic heterocycles. The largest absolute Gasteiger partial charge is 0.361 e. The molecule has 0 bridgehead atoms. The number of unbranched alkanes of at least 4 members (excludes halogenated alkanes) is 1. The molecule has 1 atom stereocenters. The number of aromatic nitrogens is 2. The lowest BCUT2D eigenvalue weighted by Crippen LogP contribution is -2.44. The van der Waals surface area contributed by atoms with Gasteiger partial charge in [-0.25, -0.2) is 4.98 Å². The van der Waals surface area contributed by atoms with Crippen molar-refractivity contribution in [2.24, 2.45) is 0 Å². The number of thiophene rings is 1. The minimum absolute atomic E-state index is 0.00471. The first-order valence-corrected chi connectivity index (χ1v) is 13.1. The van der Waals surface area contributed by atoms with E-state index in [1.807, 2.05) is 12.1 Å². The van der Waals surface area contributed by atoms with Crippen LogP contribution in [0.2, 0.25) is 0 Å². The summed E-state index contributed by atoms with van der Waals surface area (Å²) in [7, 11) is 2.16. The van der Waals surface area contributed by atoms with E-state index >= 15 is 0 Å². The molecule has 2 N–H and O–H groups in total. The average molecular weight is 476 g/mol. The van der Waals surface area contributed by atoms with Crippen LogP contribution in [0.5, 0.6) is 0 Å². The van der Waals surface area contributed by atoms with Crippen LogP contribution in [0.15, 0.2) is 48.7 Å². The zero-order valence-corrected chi connectivity index (χ0v) is 20.8. The zero-order valence-electron chi connectivity index (χ0n) is 20.0. The van der Waals surface area contributed by atoms with Gasteiger partial charge in [0.1, 0.15) is 10.6 Å². The molecule has 34 heavy (non-hydrogen) atoms. The summed E-state index contributed by atoms with van der Waals surface area (Å²) in [5.74, 6) is 1.01. The Kier molecular flexibility index (Phi) is 6.83. The lowest BCUT2D eigenvalue weighted by Gasteiger charge is -2.33. The van der Waals surface area contributed by atoms with E-state index in [2.05, 4.69) is 70.6 Å². The lowest BCUT2D eigenvalue weighted by atomic mass is 10.0. The molecule has 1 aliphatic rings. The van der Waals surface area contributed by atoms with Crippen LogP contribution in [0.3, 0.4) is 0 Å². The predicted molar refractivity (Wildman–Crippen MR) is 142 cm³/mol. The molecule has 1 aliphatic heterocycles. The number of pyridine rings is 1. The highest BCUT2D eigenvalue weighted by atomic mass is 32.1. The summed E-state index contributed by atoms with van der Waals surface area (Å²) in [4.78, 5) is 27.8. The molecule has 1 aromatic carbocycles. The van der Waals surface area contributed by atoms with Gasteiger partial charge in [-0.2, -0.15) is 0 Å². The molecule has 4 aromatic rings. The van der Waals surface area contributed by atoms with Crippen LogP contribution in [-0.4, -0.2) is 60.0 Å². The summed E-state index contributed by atoms with van der Waals surface area (Å²) in [5, 5.41) is 5.60. The summed E-state index contributed by atoms with van der Waals surface area (Å²) in [6.45, 7) is 6.27. The van der Waals surface area contributed by atoms with Crippen LogP contribution < -0.4 is 10.2 Å². The first-order valence-electron chi connectivity index (χ1n) is 12.3. The highest BCUT2D eigenvalue weighted by Gasteiger charge is 2.20. The first kappa shape index (κ1) is 22.9. The van der Waals surface area contributed by atoms with Crippen molar-refractivity contribution in [3.8, 4) is 0 Å². The molecular formula is C27H33N5OS. The first-order chi connectivity index (χ1) is 16.6. The van der Waals surface area contributed by atoms with Crippen LogP contribution in [-0.2, 0) is 6.42 Å². The van der Waals surface area contributed by atoms with Crippen LogP contribution in [0.1, 0.15) is 41.4 Å². The van der Waals surface area contributed by atoms with Gasteiger partial charge in [-0.05, 0) is 49.7 Å². The Bertz CT molecular complexity index is 1270. The van der Waals surface area contributed by atoms with Gasteiger partial charge in [-0.15, -0.1) is 11.3 Å². The summed E-state index contributed by atoms with van der Waals surface area (Å²) in [5.41, 5.74) is 2.40. The minimum Gasteiger partial charge on any atom is -0.361 e. The Balaban J connectivity index is 1.31. The molecule has 0 radical (unpaired) electrons. The van der Waals surface area contributed by atoms with E-state index in [4.69, 9.17) is 4.98 Å². The number of anilines is 1. The number of hydrogen-bond donors (Lipinski definition) is 2. The van der Waals surface area contributed by atoms with Gasteiger partial charge in [0.25, 0.3) is 5.91 Å². The predicted octanol–water partition coefficient (Wildman–Crippen LogP) is 5.06. The number of carbonyl (C=O) groups excluding carboxylic acids is 1. The second kappa shape index (κ2) is 10.2. The van der Waals surface area contributed by atoms with Gasteiger partial charge >= 0.3 is 0 Å². The minimum atomic E-state index is 0.00471. The van der Waals surface area contributed by atoms with E-state index in [1.54, 1.807) is 0 Å². The number of rotatable bonds is 8. The van der Waals surface area contributed by atoms with Crippen molar-refractivity contribution < 1.29 is 4.79 Å². The highest BCUT2D eigenvalue weighted by molar-refractivity contribution is 7.20. The number of carbonyl (C=O) groups is 1. The Morgan fingerprint density at radius 1 is 1.18 bits per heavy atom. The van der Waals surface area contributed by atoms with Gasteiger partial charge in [-0.1, -0.05) is 38.0 Å². The van der Waals surface area contributed by atoms with Crippen molar-refractivity contribution in [1.82, 2.24) is 20.2 Å². The Morgan fingerprint density at radius 2 is 2.00 bits per heavy atom. The molecule has 1 saturated heterocycles. The quantitative estimate of drug-likeness (QED) is 0.374. The maximum absolute atomic E-state index is 13.3. The maximum atomic E-state index is 13.3. The summed E-state index contributed by atoms with van der Waals surface area (Å²) >= 11 is 1.49. The van der Waals surface area contributed by atoms with Crippen molar-refractivity contribution in [2.45, 2.75) is 38.6 Å². The van der Waals surface area contributed by atoms with Gasteiger partial charge in [-0.3, -0.25) is 4.79 Å². The molecule has 1 fully saturated rings. The molecule has 5 rings (SSSR count). The smallest absolute Gasteiger partial charge is 0.261 e. The second-order valence-electron chi connectivity index (χ2n) is 9.34. The zero-order chi connectivity index (χ0) is 23.5. The van der Waals surface area contributed by atoms with Gasteiger partial charge in [0, 0.05) is 54.7 Å².